The van der Waals surface area contributed by atoms with Gasteiger partial charge in [0.25, 0.3) is 11.8 Å². The quantitative estimate of drug-likeness (QED) is 0.661. The second kappa shape index (κ2) is 5.44. The average Bonchev–Trinajstić information content (AvgIpc) is 3.02. The molecule has 4 amide bonds. The summed E-state index contributed by atoms with van der Waals surface area (Å²) in [6.45, 7) is 2.32. The van der Waals surface area contributed by atoms with E-state index in [0.717, 1.165) is 11.1 Å². The molecular weight excluding hydrogens is 318 g/mol. The van der Waals surface area contributed by atoms with E-state index in [2.05, 4.69) is 10.6 Å². The number of rotatable bonds is 3. The molecule has 1 saturated heterocycles. The summed E-state index contributed by atoms with van der Waals surface area (Å²) in [4.78, 5) is 38.9. The Morgan fingerprint density at radius 1 is 1.04 bits per heavy atom. The van der Waals surface area contributed by atoms with Crippen molar-refractivity contribution in [1.82, 2.24) is 10.6 Å². The van der Waals surface area contributed by atoms with Crippen LogP contribution in [0, 0.1) is 6.92 Å². The van der Waals surface area contributed by atoms with Gasteiger partial charge in [0.1, 0.15) is 0 Å². The van der Waals surface area contributed by atoms with Gasteiger partial charge in [0, 0.05) is 12.1 Å². The summed E-state index contributed by atoms with van der Waals surface area (Å²) in [5.41, 5.74) is 1.59. The van der Waals surface area contributed by atoms with E-state index in [1.165, 1.54) is 0 Å². The number of carbonyl (C=O) groups excluding carboxylic acids is 3. The Bertz CT molecular complexity index is 894. The van der Waals surface area contributed by atoms with Crippen LogP contribution in [0.3, 0.4) is 0 Å². The Labute approximate surface area is 144 Å². The maximum atomic E-state index is 13.1. The molecule has 2 aliphatic rings. The fourth-order valence-corrected chi connectivity index (χ4v) is 3.52. The van der Waals surface area contributed by atoms with Crippen LogP contribution in [0.5, 0.6) is 0 Å². The highest BCUT2D eigenvalue weighted by atomic mass is 16.2. The number of urea groups is 1. The van der Waals surface area contributed by atoms with Gasteiger partial charge in [-0.1, -0.05) is 48.0 Å². The Morgan fingerprint density at radius 3 is 2.48 bits per heavy atom. The molecule has 0 bridgehead atoms. The van der Waals surface area contributed by atoms with Crippen molar-refractivity contribution in [3.05, 3.63) is 65.2 Å². The van der Waals surface area contributed by atoms with Crippen LogP contribution in [0.15, 0.2) is 48.5 Å². The lowest BCUT2D eigenvalue weighted by Crippen LogP contribution is -2.52. The van der Waals surface area contributed by atoms with Crippen molar-refractivity contribution in [2.24, 2.45) is 0 Å². The first-order valence-corrected chi connectivity index (χ1v) is 8.13. The number of hydrogen-bond acceptors (Lipinski definition) is 3. The van der Waals surface area contributed by atoms with Gasteiger partial charge >= 0.3 is 6.03 Å². The Morgan fingerprint density at radius 2 is 1.80 bits per heavy atom. The minimum atomic E-state index is -1.64. The SMILES string of the molecule is Cc1ccc2c(c1)C1(NC(=O)NC1=O)C(=O)N2CCc1ccccc1. The Balaban J connectivity index is 1.74. The molecule has 1 spiro atoms. The first kappa shape index (κ1) is 15.4. The summed E-state index contributed by atoms with van der Waals surface area (Å²) in [6, 6.07) is 14.7. The molecular formula is C19H17N3O3. The molecule has 1 atom stereocenters. The number of nitrogens with zero attached hydrogens (tertiary/aromatic N) is 1. The summed E-state index contributed by atoms with van der Waals surface area (Å²) in [5.74, 6) is -1.02. The van der Waals surface area contributed by atoms with Crippen LogP contribution in [-0.4, -0.2) is 24.4 Å². The molecule has 1 fully saturated rings. The number of benzene rings is 2. The minimum absolute atomic E-state index is 0.410. The van der Waals surface area contributed by atoms with Gasteiger partial charge in [-0.3, -0.25) is 14.9 Å². The normalized spacial score (nSPS) is 21.5. The van der Waals surface area contributed by atoms with Gasteiger partial charge in [-0.2, -0.15) is 0 Å². The summed E-state index contributed by atoms with van der Waals surface area (Å²) >= 11 is 0. The lowest BCUT2D eigenvalue weighted by Gasteiger charge is -2.21. The number of nitrogens with one attached hydrogen (secondary N) is 2. The molecule has 25 heavy (non-hydrogen) atoms. The highest BCUT2D eigenvalue weighted by Gasteiger charge is 2.61. The predicted molar refractivity (Wildman–Crippen MR) is 92.0 cm³/mol. The van der Waals surface area contributed by atoms with Crippen LogP contribution in [0.2, 0.25) is 0 Å². The molecule has 6 heteroatoms. The standard InChI is InChI=1S/C19H17N3O3/c1-12-7-8-15-14(11-12)19(16(23)20-18(25)21-19)17(24)22(15)10-9-13-5-3-2-4-6-13/h2-8,11H,9-10H2,1H3,(H2,20,21,23,25). The van der Waals surface area contributed by atoms with E-state index in [-0.39, 0.29) is 0 Å². The zero-order chi connectivity index (χ0) is 17.6. The smallest absolute Gasteiger partial charge is 0.312 e. The van der Waals surface area contributed by atoms with Crippen molar-refractivity contribution in [1.29, 1.82) is 0 Å². The van der Waals surface area contributed by atoms with Crippen LogP contribution in [0.4, 0.5) is 10.5 Å². The summed E-state index contributed by atoms with van der Waals surface area (Å²) < 4.78 is 0. The minimum Gasteiger partial charge on any atom is -0.312 e. The summed E-state index contributed by atoms with van der Waals surface area (Å²) in [6.07, 6.45) is 0.658. The zero-order valence-corrected chi connectivity index (χ0v) is 13.7. The molecule has 6 nitrogen and oxygen atoms in total. The Hall–Kier alpha value is -3.15. The number of anilines is 1. The molecule has 1 unspecified atom stereocenters. The van der Waals surface area contributed by atoms with E-state index in [1.807, 2.05) is 49.4 Å². The predicted octanol–water partition coefficient (Wildman–Crippen LogP) is 1.62. The van der Waals surface area contributed by atoms with E-state index >= 15 is 0 Å². The van der Waals surface area contributed by atoms with Crippen molar-refractivity contribution >= 4 is 23.5 Å². The van der Waals surface area contributed by atoms with E-state index in [9.17, 15) is 14.4 Å². The van der Waals surface area contributed by atoms with Crippen molar-refractivity contribution in [3.8, 4) is 0 Å². The van der Waals surface area contributed by atoms with E-state index in [4.69, 9.17) is 0 Å². The monoisotopic (exact) mass is 335 g/mol. The average molecular weight is 335 g/mol. The molecule has 2 aromatic carbocycles. The molecule has 0 radical (unpaired) electrons. The van der Waals surface area contributed by atoms with Crippen LogP contribution in [0.1, 0.15) is 16.7 Å². The van der Waals surface area contributed by atoms with Gasteiger partial charge < -0.3 is 10.2 Å². The topological polar surface area (TPSA) is 78.5 Å². The number of aryl methyl sites for hydroxylation is 1. The molecule has 2 heterocycles. The Kier molecular flexibility index (Phi) is 3.35. The van der Waals surface area contributed by atoms with E-state index in [1.54, 1.807) is 11.0 Å². The third kappa shape index (κ3) is 2.21. The highest BCUT2D eigenvalue weighted by molar-refractivity contribution is 6.27. The first-order valence-electron chi connectivity index (χ1n) is 8.13. The van der Waals surface area contributed by atoms with Gasteiger partial charge in [0.15, 0.2) is 0 Å². The fourth-order valence-electron chi connectivity index (χ4n) is 3.52. The molecule has 4 rings (SSSR count). The molecule has 0 aliphatic carbocycles. The van der Waals surface area contributed by atoms with Gasteiger partial charge in [-0.25, -0.2) is 4.79 Å². The number of carbonyl (C=O) groups is 3. The third-order valence-corrected chi connectivity index (χ3v) is 4.75. The first-order chi connectivity index (χ1) is 12.0. The maximum absolute atomic E-state index is 13.1. The van der Waals surface area contributed by atoms with Crippen molar-refractivity contribution in [2.75, 3.05) is 11.4 Å². The van der Waals surface area contributed by atoms with Gasteiger partial charge in [0.2, 0.25) is 5.54 Å². The largest absolute Gasteiger partial charge is 0.323 e. The number of hydrogen-bond donors (Lipinski definition) is 2. The number of imide groups is 1. The van der Waals surface area contributed by atoms with Crippen molar-refractivity contribution in [2.45, 2.75) is 18.9 Å². The van der Waals surface area contributed by atoms with Crippen LogP contribution < -0.4 is 15.5 Å². The van der Waals surface area contributed by atoms with E-state index in [0.29, 0.717) is 24.2 Å². The number of fused-ring (bicyclic) bond motifs is 2. The summed E-state index contributed by atoms with van der Waals surface area (Å²) in [5, 5.41) is 4.75. The summed E-state index contributed by atoms with van der Waals surface area (Å²) in [7, 11) is 0. The van der Waals surface area contributed by atoms with Crippen LogP contribution >= 0.6 is 0 Å². The van der Waals surface area contributed by atoms with Crippen molar-refractivity contribution < 1.29 is 14.4 Å². The van der Waals surface area contributed by atoms with Gasteiger partial charge in [0.05, 0.1) is 5.69 Å². The van der Waals surface area contributed by atoms with Crippen LogP contribution in [-0.2, 0) is 21.5 Å². The molecule has 2 aromatic rings. The lowest BCUT2D eigenvalue weighted by molar-refractivity contribution is -0.133. The lowest BCUT2D eigenvalue weighted by atomic mass is 9.90. The second-order valence-electron chi connectivity index (χ2n) is 6.37. The van der Waals surface area contributed by atoms with E-state index < -0.39 is 23.4 Å². The zero-order valence-electron chi connectivity index (χ0n) is 13.7. The van der Waals surface area contributed by atoms with Gasteiger partial charge in [-0.05, 0) is 25.0 Å². The molecule has 0 saturated carbocycles. The van der Waals surface area contributed by atoms with Gasteiger partial charge in [-0.15, -0.1) is 0 Å². The highest BCUT2D eigenvalue weighted by Crippen LogP contribution is 2.42. The molecule has 126 valence electrons. The molecule has 0 aromatic heterocycles. The maximum Gasteiger partial charge on any atom is 0.323 e. The molecule has 2 aliphatic heterocycles. The number of amides is 4. The van der Waals surface area contributed by atoms with Crippen molar-refractivity contribution in [3.63, 3.8) is 0 Å². The third-order valence-electron chi connectivity index (χ3n) is 4.75. The van der Waals surface area contributed by atoms with Crippen LogP contribution in [0.25, 0.3) is 0 Å². The fraction of sp³-hybridized carbons (Fsp3) is 0.211. The molecule has 2 N–H and O–H groups in total. The second-order valence-corrected chi connectivity index (χ2v) is 6.37.